The van der Waals surface area contributed by atoms with E-state index in [1.807, 2.05) is 0 Å². The van der Waals surface area contributed by atoms with Crippen molar-refractivity contribution in [2.24, 2.45) is 0 Å². The van der Waals surface area contributed by atoms with Crippen LogP contribution in [0.2, 0.25) is 0 Å². The average Bonchev–Trinajstić information content (AvgIpc) is 2.84. The summed E-state index contributed by atoms with van der Waals surface area (Å²) in [6.07, 6.45) is 10.4. The number of hydrogen-bond acceptors (Lipinski definition) is 3. The van der Waals surface area contributed by atoms with E-state index in [4.69, 9.17) is 0 Å². The Balaban J connectivity index is 1.76. The van der Waals surface area contributed by atoms with Gasteiger partial charge in [0.25, 0.3) is 0 Å². The lowest BCUT2D eigenvalue weighted by Crippen LogP contribution is -2.20. The van der Waals surface area contributed by atoms with E-state index < -0.39 is 10.8 Å². The topological polar surface area (TPSA) is 46.9 Å². The predicted molar refractivity (Wildman–Crippen MR) is 75.0 cm³/mol. The molecule has 1 N–H and O–H groups in total. The summed E-state index contributed by atoms with van der Waals surface area (Å²) in [6.45, 7) is 1.57. The second kappa shape index (κ2) is 7.04. The van der Waals surface area contributed by atoms with Gasteiger partial charge in [-0.25, -0.2) is 0 Å². The normalized spacial score (nSPS) is 18.9. The van der Waals surface area contributed by atoms with E-state index in [1.54, 1.807) is 6.26 Å². The van der Waals surface area contributed by atoms with Crippen LogP contribution >= 0.6 is 0 Å². The summed E-state index contributed by atoms with van der Waals surface area (Å²) in [5, 5.41) is 7.91. The minimum absolute atomic E-state index is 0.607. The van der Waals surface area contributed by atoms with Crippen molar-refractivity contribution < 1.29 is 4.21 Å². The fourth-order valence-electron chi connectivity index (χ4n) is 2.45. The average molecular weight is 269 g/mol. The molecule has 1 aromatic rings. The van der Waals surface area contributed by atoms with E-state index in [1.165, 1.54) is 32.1 Å². The number of nitrogens with zero attached hydrogens (tertiary/aromatic N) is 2. The maximum absolute atomic E-state index is 10.9. The lowest BCUT2D eigenvalue weighted by atomic mass is 9.96. The maximum Gasteiger partial charge on any atom is 0.0762 e. The van der Waals surface area contributed by atoms with Crippen LogP contribution in [0.4, 0.5) is 0 Å². The van der Waals surface area contributed by atoms with Crippen LogP contribution in [0, 0.1) is 0 Å². The van der Waals surface area contributed by atoms with Gasteiger partial charge < -0.3 is 5.32 Å². The molecule has 1 heterocycles. The minimum atomic E-state index is -0.710. The fourth-order valence-corrected chi connectivity index (χ4v) is 2.88. The molecular formula is C13H23N3OS. The number of nitrogens with one attached hydrogen (secondary N) is 1. The molecule has 0 aromatic carbocycles. The third kappa shape index (κ3) is 4.21. The molecular weight excluding hydrogens is 246 g/mol. The minimum Gasteiger partial charge on any atom is -0.310 e. The van der Waals surface area contributed by atoms with Gasteiger partial charge in [-0.15, -0.1) is 0 Å². The van der Waals surface area contributed by atoms with Crippen molar-refractivity contribution in [3.63, 3.8) is 0 Å². The van der Waals surface area contributed by atoms with Crippen molar-refractivity contribution in [2.45, 2.75) is 44.7 Å². The highest BCUT2D eigenvalue weighted by Crippen LogP contribution is 2.27. The number of hydrogen-bond donors (Lipinski definition) is 1. The first-order valence-corrected chi connectivity index (χ1v) is 8.53. The van der Waals surface area contributed by atoms with Crippen molar-refractivity contribution in [1.82, 2.24) is 15.1 Å². The van der Waals surface area contributed by atoms with Crippen LogP contribution in [-0.2, 0) is 17.3 Å². The first-order valence-electron chi connectivity index (χ1n) is 6.80. The Bertz CT molecular complexity index is 385. The molecule has 1 atom stereocenters. The molecule has 0 saturated heterocycles. The van der Waals surface area contributed by atoms with E-state index in [2.05, 4.69) is 27.4 Å². The third-order valence-electron chi connectivity index (χ3n) is 3.48. The van der Waals surface area contributed by atoms with Gasteiger partial charge in [0.2, 0.25) is 0 Å². The molecule has 2 rings (SSSR count). The molecule has 1 unspecified atom stereocenters. The second-order valence-corrected chi connectivity index (χ2v) is 6.59. The van der Waals surface area contributed by atoms with Gasteiger partial charge in [0.15, 0.2) is 0 Å². The Kier molecular flexibility index (Phi) is 5.38. The van der Waals surface area contributed by atoms with Gasteiger partial charge in [-0.05, 0) is 18.9 Å². The molecule has 1 fully saturated rings. The molecule has 4 nitrogen and oxygen atoms in total. The predicted octanol–water partition coefficient (Wildman–Crippen LogP) is 1.86. The van der Waals surface area contributed by atoms with Gasteiger partial charge in [-0.1, -0.05) is 19.3 Å². The van der Waals surface area contributed by atoms with Gasteiger partial charge in [0.1, 0.15) is 0 Å². The molecule has 0 bridgehead atoms. The second-order valence-electron chi connectivity index (χ2n) is 5.03. The summed E-state index contributed by atoms with van der Waals surface area (Å²) in [5.41, 5.74) is 1.09. The van der Waals surface area contributed by atoms with E-state index in [-0.39, 0.29) is 0 Å². The zero-order chi connectivity index (χ0) is 12.8. The molecule has 102 valence electrons. The van der Waals surface area contributed by atoms with Crippen LogP contribution in [0.15, 0.2) is 12.3 Å². The molecule has 0 aliphatic heterocycles. The Morgan fingerprint density at radius 1 is 1.44 bits per heavy atom. The van der Waals surface area contributed by atoms with Gasteiger partial charge in [-0.3, -0.25) is 8.89 Å². The summed E-state index contributed by atoms with van der Waals surface area (Å²) < 4.78 is 13.1. The summed E-state index contributed by atoms with van der Waals surface area (Å²) in [4.78, 5) is 0. The Morgan fingerprint density at radius 3 is 2.94 bits per heavy atom. The molecule has 1 aromatic heterocycles. The molecule has 1 aliphatic carbocycles. The highest BCUT2D eigenvalue weighted by Gasteiger charge is 2.15. The van der Waals surface area contributed by atoms with Gasteiger partial charge >= 0.3 is 0 Å². The van der Waals surface area contributed by atoms with Crippen molar-refractivity contribution in [2.75, 3.05) is 18.6 Å². The zero-order valence-electron chi connectivity index (χ0n) is 11.1. The largest absolute Gasteiger partial charge is 0.310 e. The number of aromatic nitrogens is 2. The van der Waals surface area contributed by atoms with E-state index in [0.29, 0.717) is 11.8 Å². The monoisotopic (exact) mass is 269 g/mol. The van der Waals surface area contributed by atoms with Gasteiger partial charge in [0.05, 0.1) is 11.7 Å². The van der Waals surface area contributed by atoms with Crippen LogP contribution in [0.1, 0.15) is 43.8 Å². The van der Waals surface area contributed by atoms with Crippen LogP contribution in [0.3, 0.4) is 0 Å². The third-order valence-corrected chi connectivity index (χ3v) is 4.26. The highest BCUT2D eigenvalue weighted by atomic mass is 32.2. The standard InChI is InChI=1S/C13H23N3OS/c1-18(17)10-8-14-11-12-7-9-16(15-12)13-5-3-2-4-6-13/h7,9,13-14H,2-6,8,10-11H2,1H3. The van der Waals surface area contributed by atoms with Crippen molar-refractivity contribution in [3.05, 3.63) is 18.0 Å². The Labute approximate surface area is 112 Å². The Morgan fingerprint density at radius 2 is 2.22 bits per heavy atom. The summed E-state index contributed by atoms with van der Waals surface area (Å²) in [5.74, 6) is 0.712. The molecule has 0 spiro atoms. The summed E-state index contributed by atoms with van der Waals surface area (Å²) in [6, 6.07) is 2.69. The number of rotatable bonds is 6. The molecule has 1 saturated carbocycles. The van der Waals surface area contributed by atoms with E-state index >= 15 is 0 Å². The lowest BCUT2D eigenvalue weighted by molar-refractivity contribution is 0.328. The molecule has 1 aliphatic rings. The first-order chi connectivity index (χ1) is 8.75. The molecule has 0 radical (unpaired) electrons. The lowest BCUT2D eigenvalue weighted by Gasteiger charge is -2.21. The Hall–Kier alpha value is -0.680. The quantitative estimate of drug-likeness (QED) is 0.802. The summed E-state index contributed by atoms with van der Waals surface area (Å²) in [7, 11) is -0.710. The fraction of sp³-hybridized carbons (Fsp3) is 0.769. The van der Waals surface area contributed by atoms with Crippen LogP contribution in [0.25, 0.3) is 0 Å². The SMILES string of the molecule is CS(=O)CCNCc1ccn(C2CCCCC2)n1. The van der Waals surface area contributed by atoms with Crippen molar-refractivity contribution in [3.8, 4) is 0 Å². The first kappa shape index (κ1) is 13.7. The maximum atomic E-state index is 10.9. The smallest absolute Gasteiger partial charge is 0.0762 e. The van der Waals surface area contributed by atoms with Crippen LogP contribution in [0.5, 0.6) is 0 Å². The molecule has 0 amide bonds. The van der Waals surface area contributed by atoms with Gasteiger partial charge in [0, 0.05) is 42.1 Å². The van der Waals surface area contributed by atoms with Crippen LogP contribution < -0.4 is 5.32 Å². The highest BCUT2D eigenvalue weighted by molar-refractivity contribution is 7.84. The summed E-state index contributed by atoms with van der Waals surface area (Å²) >= 11 is 0. The van der Waals surface area contributed by atoms with Crippen molar-refractivity contribution in [1.29, 1.82) is 0 Å². The van der Waals surface area contributed by atoms with E-state index in [9.17, 15) is 4.21 Å². The van der Waals surface area contributed by atoms with E-state index in [0.717, 1.165) is 18.8 Å². The molecule has 18 heavy (non-hydrogen) atoms. The van der Waals surface area contributed by atoms with Gasteiger partial charge in [-0.2, -0.15) is 5.10 Å². The van der Waals surface area contributed by atoms with Crippen molar-refractivity contribution >= 4 is 10.8 Å². The van der Waals surface area contributed by atoms with Crippen LogP contribution in [-0.4, -0.2) is 32.5 Å². The molecule has 5 heteroatoms. The zero-order valence-corrected chi connectivity index (χ0v) is 11.9.